The summed E-state index contributed by atoms with van der Waals surface area (Å²) in [5.74, 6) is 1.59. The van der Waals surface area contributed by atoms with Crippen molar-refractivity contribution >= 4 is 17.4 Å². The zero-order chi connectivity index (χ0) is 18.8. The Morgan fingerprint density at radius 3 is 2.44 bits per heavy atom. The lowest BCUT2D eigenvalue weighted by Crippen LogP contribution is -2.22. The van der Waals surface area contributed by atoms with Gasteiger partial charge in [0.2, 0.25) is 5.95 Å². The van der Waals surface area contributed by atoms with Crippen LogP contribution in [-0.2, 0) is 6.42 Å². The van der Waals surface area contributed by atoms with Crippen LogP contribution in [0, 0.1) is 6.92 Å². The van der Waals surface area contributed by atoms with Gasteiger partial charge in [0.1, 0.15) is 5.75 Å². The molecule has 0 unspecified atom stereocenters. The van der Waals surface area contributed by atoms with Gasteiger partial charge in [0.15, 0.2) is 5.78 Å². The molecule has 0 saturated carbocycles. The first-order valence-electron chi connectivity index (χ1n) is 9.01. The van der Waals surface area contributed by atoms with E-state index in [-0.39, 0.29) is 11.7 Å². The number of rotatable bonds is 4. The van der Waals surface area contributed by atoms with E-state index in [1.165, 1.54) is 5.56 Å². The molecule has 1 aromatic heterocycles. The number of carbonyl (C=O) groups excluding carboxylic acids is 1. The molecule has 2 aromatic carbocycles. The molecule has 0 radical (unpaired) electrons. The summed E-state index contributed by atoms with van der Waals surface area (Å²) in [6, 6.07) is 17.7. The number of aryl methyl sites for hydroxylation is 1. The third-order valence-electron chi connectivity index (χ3n) is 4.93. The minimum absolute atomic E-state index is 0.124. The van der Waals surface area contributed by atoms with E-state index in [1.54, 1.807) is 7.11 Å². The summed E-state index contributed by atoms with van der Waals surface area (Å²) >= 11 is 0. The van der Waals surface area contributed by atoms with Crippen LogP contribution in [0.25, 0.3) is 0 Å². The SMILES string of the molecule is COc1ccc(Nc2nc(C)c3c(n2)C[C@@H](c2ccccc2)CC3=O)cc1. The number of methoxy groups -OCH3 is 1. The van der Waals surface area contributed by atoms with Crippen molar-refractivity contribution in [1.29, 1.82) is 0 Å². The van der Waals surface area contributed by atoms with Crippen molar-refractivity contribution in [1.82, 2.24) is 9.97 Å². The fraction of sp³-hybridized carbons (Fsp3) is 0.227. The van der Waals surface area contributed by atoms with Gasteiger partial charge in [-0.1, -0.05) is 30.3 Å². The van der Waals surface area contributed by atoms with Crippen molar-refractivity contribution in [3.05, 3.63) is 77.1 Å². The quantitative estimate of drug-likeness (QED) is 0.745. The molecule has 5 nitrogen and oxygen atoms in total. The highest BCUT2D eigenvalue weighted by molar-refractivity contribution is 5.99. The molecule has 1 N–H and O–H groups in total. The van der Waals surface area contributed by atoms with Gasteiger partial charge in [0, 0.05) is 12.1 Å². The Kier molecular flexibility index (Phi) is 4.59. The first-order valence-corrected chi connectivity index (χ1v) is 9.01. The molecule has 5 heteroatoms. The smallest absolute Gasteiger partial charge is 0.227 e. The summed E-state index contributed by atoms with van der Waals surface area (Å²) < 4.78 is 5.18. The molecule has 136 valence electrons. The van der Waals surface area contributed by atoms with Crippen molar-refractivity contribution in [2.45, 2.75) is 25.7 Å². The van der Waals surface area contributed by atoms with Gasteiger partial charge in [-0.25, -0.2) is 9.97 Å². The molecule has 1 aliphatic carbocycles. The molecular formula is C22H21N3O2. The second kappa shape index (κ2) is 7.19. The third kappa shape index (κ3) is 3.53. The Labute approximate surface area is 158 Å². The van der Waals surface area contributed by atoms with Gasteiger partial charge in [-0.05, 0) is 49.1 Å². The van der Waals surface area contributed by atoms with Crippen molar-refractivity contribution in [2.24, 2.45) is 0 Å². The average molecular weight is 359 g/mol. The van der Waals surface area contributed by atoms with Gasteiger partial charge in [-0.15, -0.1) is 0 Å². The largest absolute Gasteiger partial charge is 0.497 e. The van der Waals surface area contributed by atoms with Gasteiger partial charge in [-0.2, -0.15) is 0 Å². The van der Waals surface area contributed by atoms with Crippen molar-refractivity contribution < 1.29 is 9.53 Å². The summed E-state index contributed by atoms with van der Waals surface area (Å²) in [4.78, 5) is 21.9. The second-order valence-corrected chi connectivity index (χ2v) is 6.75. The van der Waals surface area contributed by atoms with Crippen molar-refractivity contribution in [2.75, 3.05) is 12.4 Å². The van der Waals surface area contributed by atoms with Gasteiger partial charge in [-0.3, -0.25) is 4.79 Å². The maximum Gasteiger partial charge on any atom is 0.227 e. The summed E-state index contributed by atoms with van der Waals surface area (Å²) in [6.45, 7) is 1.88. The molecule has 0 fully saturated rings. The third-order valence-corrected chi connectivity index (χ3v) is 4.93. The zero-order valence-corrected chi connectivity index (χ0v) is 15.4. The lowest BCUT2D eigenvalue weighted by atomic mass is 9.81. The average Bonchev–Trinajstić information content (AvgIpc) is 2.68. The topological polar surface area (TPSA) is 64.1 Å². The van der Waals surface area contributed by atoms with Gasteiger partial charge in [0.25, 0.3) is 0 Å². The zero-order valence-electron chi connectivity index (χ0n) is 15.4. The van der Waals surface area contributed by atoms with Crippen molar-refractivity contribution in [3.63, 3.8) is 0 Å². The maximum absolute atomic E-state index is 12.7. The second-order valence-electron chi connectivity index (χ2n) is 6.75. The van der Waals surface area contributed by atoms with Crippen LogP contribution < -0.4 is 10.1 Å². The molecule has 3 aromatic rings. The van der Waals surface area contributed by atoms with Gasteiger partial charge < -0.3 is 10.1 Å². The Balaban J connectivity index is 1.63. The first-order chi connectivity index (χ1) is 13.1. The normalized spacial score (nSPS) is 15.9. The van der Waals surface area contributed by atoms with E-state index in [4.69, 9.17) is 4.74 Å². The Morgan fingerprint density at radius 2 is 1.74 bits per heavy atom. The fourth-order valence-electron chi connectivity index (χ4n) is 3.59. The maximum atomic E-state index is 12.7. The van der Waals surface area contributed by atoms with E-state index in [2.05, 4.69) is 27.4 Å². The van der Waals surface area contributed by atoms with Crippen LogP contribution >= 0.6 is 0 Å². The van der Waals surface area contributed by atoms with Gasteiger partial charge in [0.05, 0.1) is 24.1 Å². The van der Waals surface area contributed by atoms with E-state index in [0.717, 1.165) is 29.2 Å². The molecule has 0 spiro atoms. The Hall–Kier alpha value is -3.21. The number of benzene rings is 2. The lowest BCUT2D eigenvalue weighted by Gasteiger charge is -2.24. The molecule has 1 heterocycles. The summed E-state index contributed by atoms with van der Waals surface area (Å²) in [6.07, 6.45) is 1.25. The number of hydrogen-bond donors (Lipinski definition) is 1. The van der Waals surface area contributed by atoms with E-state index < -0.39 is 0 Å². The summed E-state index contributed by atoms with van der Waals surface area (Å²) in [5, 5.41) is 3.23. The van der Waals surface area contributed by atoms with E-state index in [1.807, 2.05) is 49.4 Å². The standard InChI is InChI=1S/C22H21N3O2/c1-14-21-19(12-16(13-20(21)26)15-6-4-3-5-7-15)25-22(23-14)24-17-8-10-18(27-2)11-9-17/h3-11,16H,12-13H2,1-2H3,(H,23,24,25)/t16-/m1/s1. The number of ether oxygens (including phenoxy) is 1. The molecule has 27 heavy (non-hydrogen) atoms. The molecule has 0 bridgehead atoms. The van der Waals surface area contributed by atoms with Crippen LogP contribution in [0.5, 0.6) is 5.75 Å². The molecule has 4 rings (SSSR count). The predicted octanol–water partition coefficient (Wildman–Crippen LogP) is 4.45. The highest BCUT2D eigenvalue weighted by atomic mass is 16.5. The minimum Gasteiger partial charge on any atom is -0.497 e. The molecular weight excluding hydrogens is 338 g/mol. The van der Waals surface area contributed by atoms with Crippen LogP contribution in [0.2, 0.25) is 0 Å². The first kappa shape index (κ1) is 17.2. The molecule has 1 atom stereocenters. The number of Topliss-reactive ketones (excluding diaryl/α,β-unsaturated/α-hetero) is 1. The number of nitrogens with one attached hydrogen (secondary N) is 1. The number of ketones is 1. The van der Waals surface area contributed by atoms with Crippen molar-refractivity contribution in [3.8, 4) is 5.75 Å². The highest BCUT2D eigenvalue weighted by Crippen LogP contribution is 2.33. The van der Waals surface area contributed by atoms with Crippen LogP contribution in [-0.4, -0.2) is 22.9 Å². The lowest BCUT2D eigenvalue weighted by molar-refractivity contribution is 0.0962. The number of aromatic nitrogens is 2. The number of anilines is 2. The number of fused-ring (bicyclic) bond motifs is 1. The van der Waals surface area contributed by atoms with E-state index in [9.17, 15) is 4.79 Å². The van der Waals surface area contributed by atoms with Crippen LogP contribution in [0.3, 0.4) is 0 Å². The molecule has 0 amide bonds. The monoisotopic (exact) mass is 359 g/mol. The fourth-order valence-corrected chi connectivity index (χ4v) is 3.59. The molecule has 0 aliphatic heterocycles. The van der Waals surface area contributed by atoms with Gasteiger partial charge >= 0.3 is 0 Å². The minimum atomic E-state index is 0.124. The predicted molar refractivity (Wildman–Crippen MR) is 105 cm³/mol. The molecule has 0 saturated heterocycles. The number of nitrogens with zero attached hydrogens (tertiary/aromatic N) is 2. The van der Waals surface area contributed by atoms with Crippen LogP contribution in [0.1, 0.15) is 39.6 Å². The summed E-state index contributed by atoms with van der Waals surface area (Å²) in [5.41, 5.74) is 4.29. The molecule has 1 aliphatic rings. The number of hydrogen-bond acceptors (Lipinski definition) is 5. The Morgan fingerprint density at radius 1 is 1.00 bits per heavy atom. The van der Waals surface area contributed by atoms with Crippen LogP contribution in [0.4, 0.5) is 11.6 Å². The van der Waals surface area contributed by atoms with E-state index >= 15 is 0 Å². The Bertz CT molecular complexity index is 969. The highest BCUT2D eigenvalue weighted by Gasteiger charge is 2.29. The van der Waals surface area contributed by atoms with E-state index in [0.29, 0.717) is 17.9 Å². The summed E-state index contributed by atoms with van der Waals surface area (Å²) in [7, 11) is 1.64. The van der Waals surface area contributed by atoms with Crippen LogP contribution in [0.15, 0.2) is 54.6 Å². The number of carbonyl (C=O) groups is 1.